The molecule has 1 aliphatic heterocycles. The van der Waals surface area contributed by atoms with Crippen molar-refractivity contribution in [2.45, 2.75) is 32.2 Å². The summed E-state index contributed by atoms with van der Waals surface area (Å²) in [4.78, 5) is 13.3. The Labute approximate surface area is 85.6 Å². The standard InChI is InChI=1S/C10H21N3O/c1-8(2-5-11)13-6-3-9(4-7-13)10(12)14/h8-9H,2-7,11H2,1H3,(H2,12,14). The molecule has 0 aromatic rings. The SMILES string of the molecule is CC(CCN)N1CCC(C(N)=O)CC1. The Morgan fingerprint density at radius 2 is 2.07 bits per heavy atom. The lowest BCUT2D eigenvalue weighted by Crippen LogP contribution is -2.43. The number of amides is 1. The molecule has 4 N–H and O–H groups in total. The van der Waals surface area contributed by atoms with Crippen LogP contribution in [-0.2, 0) is 4.79 Å². The second kappa shape index (κ2) is 5.32. The molecule has 1 unspecified atom stereocenters. The van der Waals surface area contributed by atoms with Crippen molar-refractivity contribution in [3.63, 3.8) is 0 Å². The zero-order valence-electron chi connectivity index (χ0n) is 8.91. The van der Waals surface area contributed by atoms with Crippen LogP contribution in [0.1, 0.15) is 26.2 Å². The Morgan fingerprint density at radius 1 is 1.50 bits per heavy atom. The Bertz CT molecular complexity index is 188. The highest BCUT2D eigenvalue weighted by molar-refractivity contribution is 5.76. The van der Waals surface area contributed by atoms with Gasteiger partial charge in [-0.2, -0.15) is 0 Å². The molecular weight excluding hydrogens is 178 g/mol. The summed E-state index contributed by atoms with van der Waals surface area (Å²) in [7, 11) is 0. The molecule has 0 aromatic carbocycles. The van der Waals surface area contributed by atoms with Crippen LogP contribution >= 0.6 is 0 Å². The maximum atomic E-state index is 10.9. The number of nitrogens with zero attached hydrogens (tertiary/aromatic N) is 1. The normalized spacial score (nSPS) is 22.1. The number of primary amides is 1. The van der Waals surface area contributed by atoms with Crippen molar-refractivity contribution >= 4 is 5.91 Å². The van der Waals surface area contributed by atoms with Crippen LogP contribution in [0, 0.1) is 5.92 Å². The average molecular weight is 199 g/mol. The molecule has 1 rings (SSSR count). The second-order valence-electron chi connectivity index (χ2n) is 4.14. The number of likely N-dealkylation sites (tertiary alicyclic amines) is 1. The van der Waals surface area contributed by atoms with Gasteiger partial charge < -0.3 is 16.4 Å². The molecule has 0 saturated carbocycles. The molecular formula is C10H21N3O. The number of nitrogens with two attached hydrogens (primary N) is 2. The van der Waals surface area contributed by atoms with Gasteiger partial charge in [0.15, 0.2) is 0 Å². The van der Waals surface area contributed by atoms with Crippen LogP contribution in [0.15, 0.2) is 0 Å². The third-order valence-corrected chi connectivity index (χ3v) is 3.14. The first-order chi connectivity index (χ1) is 6.65. The number of piperidine rings is 1. The quantitative estimate of drug-likeness (QED) is 0.665. The van der Waals surface area contributed by atoms with Crippen molar-refractivity contribution in [2.75, 3.05) is 19.6 Å². The van der Waals surface area contributed by atoms with Crippen LogP contribution < -0.4 is 11.5 Å². The van der Waals surface area contributed by atoms with E-state index in [1.807, 2.05) is 0 Å². The van der Waals surface area contributed by atoms with Gasteiger partial charge in [0, 0.05) is 12.0 Å². The highest BCUT2D eigenvalue weighted by Crippen LogP contribution is 2.19. The fourth-order valence-corrected chi connectivity index (χ4v) is 2.05. The van der Waals surface area contributed by atoms with Crippen molar-refractivity contribution in [2.24, 2.45) is 17.4 Å². The molecule has 1 fully saturated rings. The monoisotopic (exact) mass is 199 g/mol. The van der Waals surface area contributed by atoms with Crippen LogP contribution in [0.4, 0.5) is 0 Å². The van der Waals surface area contributed by atoms with Gasteiger partial charge in [-0.1, -0.05) is 0 Å². The Morgan fingerprint density at radius 3 is 2.50 bits per heavy atom. The van der Waals surface area contributed by atoms with Gasteiger partial charge in [-0.25, -0.2) is 0 Å². The van der Waals surface area contributed by atoms with E-state index in [1.165, 1.54) is 0 Å². The maximum absolute atomic E-state index is 10.9. The van der Waals surface area contributed by atoms with Gasteiger partial charge in [-0.05, 0) is 45.8 Å². The van der Waals surface area contributed by atoms with Crippen LogP contribution in [0.25, 0.3) is 0 Å². The predicted octanol–water partition coefficient (Wildman–Crippen LogP) is -0.0790. The fourth-order valence-electron chi connectivity index (χ4n) is 2.05. The first kappa shape index (κ1) is 11.5. The van der Waals surface area contributed by atoms with E-state index in [0.29, 0.717) is 6.04 Å². The van der Waals surface area contributed by atoms with Gasteiger partial charge in [-0.15, -0.1) is 0 Å². The molecule has 0 bridgehead atoms. The third kappa shape index (κ3) is 2.96. The minimum Gasteiger partial charge on any atom is -0.369 e. The zero-order chi connectivity index (χ0) is 10.6. The predicted molar refractivity (Wildman–Crippen MR) is 56.6 cm³/mol. The summed E-state index contributed by atoms with van der Waals surface area (Å²) < 4.78 is 0. The molecule has 4 heteroatoms. The molecule has 1 saturated heterocycles. The summed E-state index contributed by atoms with van der Waals surface area (Å²) in [6, 6.07) is 0.536. The largest absolute Gasteiger partial charge is 0.369 e. The lowest BCUT2D eigenvalue weighted by molar-refractivity contribution is -0.123. The Hall–Kier alpha value is -0.610. The molecule has 0 aromatic heterocycles. The van der Waals surface area contributed by atoms with Crippen molar-refractivity contribution < 1.29 is 4.79 Å². The minimum absolute atomic E-state index is 0.0938. The lowest BCUT2D eigenvalue weighted by atomic mass is 9.95. The maximum Gasteiger partial charge on any atom is 0.220 e. The third-order valence-electron chi connectivity index (χ3n) is 3.14. The molecule has 0 aliphatic carbocycles. The smallest absolute Gasteiger partial charge is 0.220 e. The molecule has 0 spiro atoms. The van der Waals surface area contributed by atoms with Crippen LogP contribution in [0.5, 0.6) is 0 Å². The van der Waals surface area contributed by atoms with E-state index in [9.17, 15) is 4.79 Å². The van der Waals surface area contributed by atoms with E-state index in [2.05, 4.69) is 11.8 Å². The highest BCUT2D eigenvalue weighted by atomic mass is 16.1. The van der Waals surface area contributed by atoms with E-state index in [1.54, 1.807) is 0 Å². The van der Waals surface area contributed by atoms with Gasteiger partial charge >= 0.3 is 0 Å². The van der Waals surface area contributed by atoms with E-state index >= 15 is 0 Å². The fraction of sp³-hybridized carbons (Fsp3) is 0.900. The van der Waals surface area contributed by atoms with E-state index < -0.39 is 0 Å². The summed E-state index contributed by atoms with van der Waals surface area (Å²) in [6.45, 7) is 4.89. The number of carbonyl (C=O) groups is 1. The van der Waals surface area contributed by atoms with Gasteiger partial charge in [0.05, 0.1) is 0 Å². The van der Waals surface area contributed by atoms with Gasteiger partial charge in [-0.3, -0.25) is 4.79 Å². The number of rotatable bonds is 4. The molecule has 1 atom stereocenters. The molecule has 4 nitrogen and oxygen atoms in total. The van der Waals surface area contributed by atoms with Crippen LogP contribution in [0.3, 0.4) is 0 Å². The second-order valence-corrected chi connectivity index (χ2v) is 4.14. The summed E-state index contributed by atoms with van der Waals surface area (Å²) in [5.41, 5.74) is 10.8. The summed E-state index contributed by atoms with van der Waals surface area (Å²) in [6.07, 6.45) is 2.84. The summed E-state index contributed by atoms with van der Waals surface area (Å²) >= 11 is 0. The molecule has 1 heterocycles. The van der Waals surface area contributed by atoms with E-state index in [4.69, 9.17) is 11.5 Å². The number of hydrogen-bond acceptors (Lipinski definition) is 3. The molecule has 0 radical (unpaired) electrons. The van der Waals surface area contributed by atoms with Gasteiger partial charge in [0.1, 0.15) is 0 Å². The first-order valence-electron chi connectivity index (χ1n) is 5.38. The van der Waals surface area contributed by atoms with Gasteiger partial charge in [0.2, 0.25) is 5.91 Å². The van der Waals surface area contributed by atoms with Crippen LogP contribution in [0.2, 0.25) is 0 Å². The van der Waals surface area contributed by atoms with E-state index in [-0.39, 0.29) is 11.8 Å². The van der Waals surface area contributed by atoms with E-state index in [0.717, 1.165) is 38.9 Å². The summed E-state index contributed by atoms with van der Waals surface area (Å²) in [5, 5.41) is 0. The molecule has 82 valence electrons. The zero-order valence-corrected chi connectivity index (χ0v) is 8.91. The number of carbonyl (C=O) groups excluding carboxylic acids is 1. The average Bonchev–Trinajstić information content (AvgIpc) is 2.18. The summed E-state index contributed by atoms with van der Waals surface area (Å²) in [5.74, 6) is -0.0487. The first-order valence-corrected chi connectivity index (χ1v) is 5.38. The molecule has 1 aliphatic rings. The Kier molecular flexibility index (Phi) is 4.35. The molecule has 14 heavy (non-hydrogen) atoms. The topological polar surface area (TPSA) is 72.3 Å². The van der Waals surface area contributed by atoms with Crippen molar-refractivity contribution in [3.05, 3.63) is 0 Å². The molecule has 1 amide bonds. The van der Waals surface area contributed by atoms with Crippen molar-refractivity contribution in [1.29, 1.82) is 0 Å². The van der Waals surface area contributed by atoms with Crippen LogP contribution in [-0.4, -0.2) is 36.5 Å². The minimum atomic E-state index is -0.142. The van der Waals surface area contributed by atoms with Crippen molar-refractivity contribution in [3.8, 4) is 0 Å². The Balaban J connectivity index is 2.31. The van der Waals surface area contributed by atoms with Gasteiger partial charge in [0.25, 0.3) is 0 Å². The highest BCUT2D eigenvalue weighted by Gasteiger charge is 2.25. The number of hydrogen-bond donors (Lipinski definition) is 2. The lowest BCUT2D eigenvalue weighted by Gasteiger charge is -2.34. The van der Waals surface area contributed by atoms with Crippen molar-refractivity contribution in [1.82, 2.24) is 4.90 Å².